The molecule has 0 bridgehead atoms. The third-order valence-electron chi connectivity index (χ3n) is 2.96. The molecule has 1 unspecified atom stereocenters. The smallest absolute Gasteiger partial charge is 0.363 e. The van der Waals surface area contributed by atoms with Gasteiger partial charge in [-0.1, -0.05) is 46.3 Å². The van der Waals surface area contributed by atoms with Crippen LogP contribution in [-0.4, -0.2) is 22.4 Å². The van der Waals surface area contributed by atoms with Crippen LogP contribution in [0, 0.1) is 0 Å². The molecule has 0 saturated carbocycles. The van der Waals surface area contributed by atoms with E-state index in [1.54, 1.807) is 0 Å². The SMILES string of the molecule is COP1(=O)O[C@@H](c2ccccc2)[C@H](Br)[C@]1(C)O. The molecule has 1 aliphatic heterocycles. The molecular formula is C11H14BrO4P. The summed E-state index contributed by atoms with van der Waals surface area (Å²) in [6, 6.07) is 9.34. The fraction of sp³-hybridized carbons (Fsp3) is 0.455. The average molecular weight is 321 g/mol. The minimum Gasteiger partial charge on any atom is -0.377 e. The lowest BCUT2D eigenvalue weighted by Crippen LogP contribution is -2.31. The highest BCUT2D eigenvalue weighted by atomic mass is 79.9. The Labute approximate surface area is 109 Å². The zero-order chi connectivity index (χ0) is 12.7. The van der Waals surface area contributed by atoms with Crippen LogP contribution in [-0.2, 0) is 13.6 Å². The second-order valence-electron chi connectivity index (χ2n) is 4.11. The van der Waals surface area contributed by atoms with E-state index >= 15 is 0 Å². The quantitative estimate of drug-likeness (QED) is 0.672. The zero-order valence-electron chi connectivity index (χ0n) is 9.54. The Morgan fingerprint density at radius 3 is 2.53 bits per heavy atom. The van der Waals surface area contributed by atoms with Crippen molar-refractivity contribution in [1.82, 2.24) is 0 Å². The minimum absolute atomic E-state index is 0.483. The normalized spacial score (nSPS) is 41.6. The monoisotopic (exact) mass is 320 g/mol. The van der Waals surface area contributed by atoms with Gasteiger partial charge in [0.05, 0.1) is 4.83 Å². The van der Waals surface area contributed by atoms with Crippen molar-refractivity contribution in [3.05, 3.63) is 35.9 Å². The third kappa shape index (κ3) is 2.00. The van der Waals surface area contributed by atoms with Gasteiger partial charge in [0.25, 0.3) is 0 Å². The van der Waals surface area contributed by atoms with Gasteiger partial charge >= 0.3 is 7.60 Å². The Balaban J connectivity index is 2.39. The Kier molecular flexibility index (Phi) is 3.49. The van der Waals surface area contributed by atoms with Crippen molar-refractivity contribution >= 4 is 23.5 Å². The number of alkyl halides is 1. The van der Waals surface area contributed by atoms with E-state index in [1.165, 1.54) is 14.0 Å². The summed E-state index contributed by atoms with van der Waals surface area (Å²) in [5.74, 6) is 0. The van der Waals surface area contributed by atoms with Crippen molar-refractivity contribution in [3.63, 3.8) is 0 Å². The molecule has 1 saturated heterocycles. The molecule has 0 aromatic heterocycles. The molecule has 0 aliphatic carbocycles. The van der Waals surface area contributed by atoms with Crippen LogP contribution in [0.4, 0.5) is 0 Å². The van der Waals surface area contributed by atoms with Gasteiger partial charge in [-0.3, -0.25) is 9.09 Å². The summed E-state index contributed by atoms with van der Waals surface area (Å²) < 4.78 is 22.6. The maximum absolute atomic E-state index is 12.3. The highest BCUT2D eigenvalue weighted by molar-refractivity contribution is 9.09. The van der Waals surface area contributed by atoms with Crippen LogP contribution < -0.4 is 0 Å². The molecule has 1 N–H and O–H groups in total. The van der Waals surface area contributed by atoms with Gasteiger partial charge in [-0.25, -0.2) is 0 Å². The molecule has 1 aromatic rings. The molecule has 1 heterocycles. The molecule has 0 radical (unpaired) electrons. The Morgan fingerprint density at radius 1 is 1.47 bits per heavy atom. The van der Waals surface area contributed by atoms with Gasteiger partial charge in [0, 0.05) is 7.11 Å². The van der Waals surface area contributed by atoms with Gasteiger partial charge in [-0.2, -0.15) is 0 Å². The largest absolute Gasteiger partial charge is 0.377 e. The molecule has 0 spiro atoms. The molecule has 1 aromatic carbocycles. The van der Waals surface area contributed by atoms with Crippen molar-refractivity contribution < 1.29 is 18.7 Å². The number of halogens is 1. The van der Waals surface area contributed by atoms with Gasteiger partial charge < -0.3 is 9.63 Å². The first-order chi connectivity index (χ1) is 7.92. The summed E-state index contributed by atoms with van der Waals surface area (Å²) >= 11 is 3.35. The number of hydrogen-bond donors (Lipinski definition) is 1. The molecule has 94 valence electrons. The van der Waals surface area contributed by atoms with Gasteiger partial charge in [0.15, 0.2) is 5.34 Å². The minimum atomic E-state index is -3.52. The Morgan fingerprint density at radius 2 is 2.06 bits per heavy atom. The highest BCUT2D eigenvalue weighted by Crippen LogP contribution is 2.70. The van der Waals surface area contributed by atoms with E-state index in [2.05, 4.69) is 15.9 Å². The molecule has 4 atom stereocenters. The molecule has 1 fully saturated rings. The predicted molar refractivity (Wildman–Crippen MR) is 68.2 cm³/mol. The van der Waals surface area contributed by atoms with Crippen LogP contribution >= 0.6 is 23.5 Å². The van der Waals surface area contributed by atoms with Crippen LogP contribution in [0.3, 0.4) is 0 Å². The fourth-order valence-corrected chi connectivity index (χ4v) is 4.83. The summed E-state index contributed by atoms with van der Waals surface area (Å²) in [7, 11) is -2.24. The van der Waals surface area contributed by atoms with Crippen molar-refractivity contribution in [3.8, 4) is 0 Å². The van der Waals surface area contributed by atoms with Gasteiger partial charge in [0.1, 0.15) is 6.10 Å². The van der Waals surface area contributed by atoms with E-state index in [1.807, 2.05) is 30.3 Å². The van der Waals surface area contributed by atoms with Crippen LogP contribution in [0.5, 0.6) is 0 Å². The topological polar surface area (TPSA) is 55.8 Å². The summed E-state index contributed by atoms with van der Waals surface area (Å²) in [6.07, 6.45) is -0.489. The summed E-state index contributed by atoms with van der Waals surface area (Å²) in [6.45, 7) is 1.46. The Bertz CT molecular complexity index is 448. The first-order valence-electron chi connectivity index (χ1n) is 5.18. The van der Waals surface area contributed by atoms with Gasteiger partial charge in [-0.15, -0.1) is 0 Å². The molecule has 0 amide bonds. The van der Waals surface area contributed by atoms with E-state index in [9.17, 15) is 9.67 Å². The molecule has 17 heavy (non-hydrogen) atoms. The van der Waals surface area contributed by atoms with Crippen molar-refractivity contribution in [2.24, 2.45) is 0 Å². The van der Waals surface area contributed by atoms with E-state index in [0.717, 1.165) is 5.56 Å². The van der Waals surface area contributed by atoms with Crippen molar-refractivity contribution in [2.75, 3.05) is 7.11 Å². The lowest BCUT2D eigenvalue weighted by Gasteiger charge is -2.23. The van der Waals surface area contributed by atoms with Crippen LogP contribution in [0.25, 0.3) is 0 Å². The first-order valence-corrected chi connectivity index (χ1v) is 7.64. The number of rotatable bonds is 2. The lowest BCUT2D eigenvalue weighted by atomic mass is 10.0. The second kappa shape index (κ2) is 4.48. The fourth-order valence-electron chi connectivity index (χ4n) is 1.85. The maximum Gasteiger partial charge on any atom is 0.363 e. The lowest BCUT2D eigenvalue weighted by molar-refractivity contribution is 0.131. The van der Waals surface area contributed by atoms with Crippen LogP contribution in [0.15, 0.2) is 30.3 Å². The molecule has 1 aliphatic rings. The number of aliphatic hydroxyl groups is 1. The van der Waals surface area contributed by atoms with E-state index in [4.69, 9.17) is 9.05 Å². The second-order valence-corrected chi connectivity index (χ2v) is 7.58. The first kappa shape index (κ1) is 13.2. The summed E-state index contributed by atoms with van der Waals surface area (Å²) in [5.41, 5.74) is 0.851. The maximum atomic E-state index is 12.3. The summed E-state index contributed by atoms with van der Waals surface area (Å²) in [5, 5.41) is 8.71. The zero-order valence-corrected chi connectivity index (χ0v) is 12.0. The predicted octanol–water partition coefficient (Wildman–Crippen LogP) is 3.07. The molecule has 2 rings (SSSR count). The van der Waals surface area contributed by atoms with Gasteiger partial charge in [0.2, 0.25) is 0 Å². The van der Waals surface area contributed by atoms with Crippen LogP contribution in [0.1, 0.15) is 18.6 Å². The van der Waals surface area contributed by atoms with Crippen LogP contribution in [0.2, 0.25) is 0 Å². The van der Waals surface area contributed by atoms with Crippen molar-refractivity contribution in [1.29, 1.82) is 0 Å². The summed E-state index contributed by atoms with van der Waals surface area (Å²) in [4.78, 5) is -0.483. The van der Waals surface area contributed by atoms with Gasteiger partial charge in [-0.05, 0) is 12.5 Å². The number of benzene rings is 1. The van der Waals surface area contributed by atoms with E-state index < -0.39 is 23.9 Å². The van der Waals surface area contributed by atoms with Crippen molar-refractivity contribution in [2.45, 2.75) is 23.2 Å². The molecule has 4 nitrogen and oxygen atoms in total. The Hall–Kier alpha value is -0.190. The standard InChI is InChI=1S/C11H14BrO4P/c1-11(13)10(12)9(16-17(11,14)15-2)8-6-4-3-5-7-8/h3-7,9-10,13H,1-2H3/t9-,10-,11+,17?/m0/s1. The highest BCUT2D eigenvalue weighted by Gasteiger charge is 2.61. The van der Waals surface area contributed by atoms with E-state index in [-0.39, 0.29) is 0 Å². The number of hydrogen-bond acceptors (Lipinski definition) is 4. The average Bonchev–Trinajstić information content (AvgIpc) is 2.52. The molecular weight excluding hydrogens is 307 g/mol. The third-order valence-corrected chi connectivity index (χ3v) is 7.06. The molecule has 6 heteroatoms. The van der Waals surface area contributed by atoms with E-state index in [0.29, 0.717) is 0 Å².